The van der Waals surface area contributed by atoms with Crippen molar-refractivity contribution in [3.05, 3.63) is 30.3 Å². The zero-order chi connectivity index (χ0) is 13.8. The van der Waals surface area contributed by atoms with E-state index in [1.807, 2.05) is 30.3 Å². The van der Waals surface area contributed by atoms with Gasteiger partial charge in [-0.05, 0) is 18.6 Å². The van der Waals surface area contributed by atoms with Gasteiger partial charge in [-0.1, -0.05) is 18.2 Å². The predicted octanol–water partition coefficient (Wildman–Crippen LogP) is 1.94. The molecule has 1 saturated heterocycles. The van der Waals surface area contributed by atoms with Crippen LogP contribution in [0, 0.1) is 0 Å². The van der Waals surface area contributed by atoms with E-state index in [2.05, 4.69) is 0 Å². The van der Waals surface area contributed by atoms with Crippen molar-refractivity contribution in [2.24, 2.45) is 0 Å². The molecule has 19 heavy (non-hydrogen) atoms. The summed E-state index contributed by atoms with van der Waals surface area (Å²) >= 11 is 1.63. The van der Waals surface area contributed by atoms with Crippen LogP contribution in [-0.2, 0) is 14.3 Å². The third-order valence-corrected chi connectivity index (χ3v) is 4.56. The highest BCUT2D eigenvalue weighted by molar-refractivity contribution is 8.00. The fraction of sp³-hybridized carbons (Fsp3) is 0.429. The average molecular weight is 279 g/mol. The summed E-state index contributed by atoms with van der Waals surface area (Å²) < 4.78 is 4.84. The molecule has 1 aliphatic rings. The zero-order valence-corrected chi connectivity index (χ0v) is 11.9. The lowest BCUT2D eigenvalue weighted by atomic mass is 10.2. The van der Waals surface area contributed by atoms with Gasteiger partial charge in [0, 0.05) is 23.6 Å². The van der Waals surface area contributed by atoms with Crippen LogP contribution >= 0.6 is 11.8 Å². The highest BCUT2D eigenvalue weighted by atomic mass is 32.2. The molecule has 1 aliphatic heterocycles. The molecule has 0 spiro atoms. The topological polar surface area (TPSA) is 46.6 Å². The van der Waals surface area contributed by atoms with Gasteiger partial charge < -0.3 is 9.64 Å². The summed E-state index contributed by atoms with van der Waals surface area (Å²) in [4.78, 5) is 26.2. The second-order valence-corrected chi connectivity index (χ2v) is 5.75. The number of thioether (sulfide) groups is 1. The molecular formula is C14H17NO3S. The number of likely N-dealkylation sites (tertiary alicyclic amines) is 1. The largest absolute Gasteiger partial charge is 0.467 e. The summed E-state index contributed by atoms with van der Waals surface area (Å²) in [5, 5.41) is 0.0544. The van der Waals surface area contributed by atoms with E-state index in [0.29, 0.717) is 6.54 Å². The van der Waals surface area contributed by atoms with E-state index in [-0.39, 0.29) is 17.1 Å². The van der Waals surface area contributed by atoms with Gasteiger partial charge in [0.05, 0.1) is 7.11 Å². The third kappa shape index (κ3) is 3.10. The third-order valence-electron chi connectivity index (χ3n) is 3.22. The highest BCUT2D eigenvalue weighted by Gasteiger charge is 2.41. The number of hydrogen-bond donors (Lipinski definition) is 0. The number of ether oxygens (including phenoxy) is 1. The maximum atomic E-state index is 11.9. The van der Waals surface area contributed by atoms with E-state index < -0.39 is 6.04 Å². The first kappa shape index (κ1) is 13.9. The highest BCUT2D eigenvalue weighted by Crippen LogP contribution is 2.34. The number of carbonyl (C=O) groups excluding carboxylic acids is 2. The molecular weight excluding hydrogens is 262 g/mol. The van der Waals surface area contributed by atoms with Crippen molar-refractivity contribution in [2.45, 2.75) is 29.5 Å². The monoisotopic (exact) mass is 279 g/mol. The molecule has 0 radical (unpaired) electrons. The van der Waals surface area contributed by atoms with Crippen LogP contribution in [-0.4, -0.2) is 41.7 Å². The number of amides is 1. The SMILES string of the molecule is COC(=O)C1C(Sc2ccccc2)CCN1C(C)=O. The number of carbonyl (C=O) groups is 2. The molecule has 2 rings (SSSR count). The van der Waals surface area contributed by atoms with Crippen molar-refractivity contribution in [1.29, 1.82) is 0 Å². The Bertz CT molecular complexity index is 463. The number of methoxy groups -OCH3 is 1. The second kappa shape index (κ2) is 6.10. The molecule has 1 amide bonds. The molecule has 4 nitrogen and oxygen atoms in total. The molecule has 102 valence electrons. The van der Waals surface area contributed by atoms with Gasteiger partial charge in [-0.25, -0.2) is 4.79 Å². The molecule has 0 N–H and O–H groups in total. The zero-order valence-electron chi connectivity index (χ0n) is 11.0. The molecule has 5 heteroatoms. The van der Waals surface area contributed by atoms with Crippen molar-refractivity contribution in [1.82, 2.24) is 4.90 Å². The van der Waals surface area contributed by atoms with Gasteiger partial charge in [-0.3, -0.25) is 4.79 Å². The molecule has 1 heterocycles. The van der Waals surface area contributed by atoms with Crippen LogP contribution < -0.4 is 0 Å². The number of hydrogen-bond acceptors (Lipinski definition) is 4. The van der Waals surface area contributed by atoms with E-state index >= 15 is 0 Å². The van der Waals surface area contributed by atoms with Crippen LogP contribution in [0.2, 0.25) is 0 Å². The van der Waals surface area contributed by atoms with Gasteiger partial charge in [0.25, 0.3) is 0 Å². The number of esters is 1. The maximum absolute atomic E-state index is 11.9. The van der Waals surface area contributed by atoms with Crippen LogP contribution in [0.15, 0.2) is 35.2 Å². The van der Waals surface area contributed by atoms with Gasteiger partial charge in [0.1, 0.15) is 6.04 Å². The average Bonchev–Trinajstić information content (AvgIpc) is 2.83. The number of rotatable bonds is 3. The lowest BCUT2D eigenvalue weighted by Crippen LogP contribution is -2.43. The van der Waals surface area contributed by atoms with Gasteiger partial charge in [-0.15, -0.1) is 11.8 Å². The standard InChI is InChI=1S/C14H17NO3S/c1-10(16)15-9-8-12(13(15)14(17)18-2)19-11-6-4-3-5-7-11/h3-7,12-13H,8-9H2,1-2H3. The molecule has 0 bridgehead atoms. The summed E-state index contributed by atoms with van der Waals surface area (Å²) in [6.07, 6.45) is 0.804. The fourth-order valence-electron chi connectivity index (χ4n) is 2.31. The minimum Gasteiger partial charge on any atom is -0.467 e. The fourth-order valence-corrected chi connectivity index (χ4v) is 3.59. The summed E-state index contributed by atoms with van der Waals surface area (Å²) in [6, 6.07) is 9.43. The van der Waals surface area contributed by atoms with E-state index in [9.17, 15) is 9.59 Å². The normalized spacial score (nSPS) is 22.3. The number of benzene rings is 1. The quantitative estimate of drug-likeness (QED) is 0.793. The maximum Gasteiger partial charge on any atom is 0.329 e. The van der Waals surface area contributed by atoms with E-state index in [1.165, 1.54) is 14.0 Å². The van der Waals surface area contributed by atoms with Crippen LogP contribution in [0.3, 0.4) is 0 Å². The molecule has 1 fully saturated rings. The van der Waals surface area contributed by atoms with Crippen molar-refractivity contribution in [2.75, 3.05) is 13.7 Å². The Morgan fingerprint density at radius 1 is 1.32 bits per heavy atom. The van der Waals surface area contributed by atoms with E-state index in [0.717, 1.165) is 11.3 Å². The Labute approximate surface area is 117 Å². The van der Waals surface area contributed by atoms with Crippen LogP contribution in [0.5, 0.6) is 0 Å². The summed E-state index contributed by atoms with van der Waals surface area (Å²) in [5.74, 6) is -0.410. The molecule has 0 aliphatic carbocycles. The van der Waals surface area contributed by atoms with Gasteiger partial charge in [-0.2, -0.15) is 0 Å². The van der Waals surface area contributed by atoms with E-state index in [4.69, 9.17) is 4.74 Å². The van der Waals surface area contributed by atoms with Crippen molar-refractivity contribution in [3.63, 3.8) is 0 Å². The van der Waals surface area contributed by atoms with Crippen molar-refractivity contribution in [3.8, 4) is 0 Å². The van der Waals surface area contributed by atoms with Gasteiger partial charge >= 0.3 is 5.97 Å². The van der Waals surface area contributed by atoms with E-state index in [1.54, 1.807) is 16.7 Å². The van der Waals surface area contributed by atoms with Gasteiger partial charge in [0.15, 0.2) is 0 Å². The van der Waals surface area contributed by atoms with Crippen molar-refractivity contribution >= 4 is 23.6 Å². The first-order valence-electron chi connectivity index (χ1n) is 6.20. The summed E-state index contributed by atoms with van der Waals surface area (Å²) in [6.45, 7) is 2.10. The summed E-state index contributed by atoms with van der Waals surface area (Å²) in [7, 11) is 1.36. The second-order valence-electron chi connectivity index (χ2n) is 4.44. The Morgan fingerprint density at radius 3 is 2.58 bits per heavy atom. The van der Waals surface area contributed by atoms with Crippen molar-refractivity contribution < 1.29 is 14.3 Å². The lowest BCUT2D eigenvalue weighted by molar-refractivity contribution is -0.150. The first-order valence-corrected chi connectivity index (χ1v) is 7.08. The minimum atomic E-state index is -0.479. The Hall–Kier alpha value is -1.49. The number of nitrogens with zero attached hydrogens (tertiary/aromatic N) is 1. The lowest BCUT2D eigenvalue weighted by Gasteiger charge is -2.24. The molecule has 1 aromatic carbocycles. The van der Waals surface area contributed by atoms with Crippen LogP contribution in [0.1, 0.15) is 13.3 Å². The van der Waals surface area contributed by atoms with Gasteiger partial charge in [0.2, 0.25) is 5.91 Å². The molecule has 2 atom stereocenters. The molecule has 0 saturated carbocycles. The molecule has 0 aromatic heterocycles. The molecule has 1 aromatic rings. The Kier molecular flexibility index (Phi) is 4.47. The summed E-state index contributed by atoms with van der Waals surface area (Å²) in [5.41, 5.74) is 0. The Morgan fingerprint density at radius 2 is 2.00 bits per heavy atom. The minimum absolute atomic E-state index is 0.0544. The molecule has 2 unspecified atom stereocenters. The smallest absolute Gasteiger partial charge is 0.329 e. The van der Waals surface area contributed by atoms with Crippen LogP contribution in [0.4, 0.5) is 0 Å². The predicted molar refractivity (Wildman–Crippen MR) is 73.9 cm³/mol. The Balaban J connectivity index is 2.15. The first-order chi connectivity index (χ1) is 9.13. The van der Waals surface area contributed by atoms with Crippen LogP contribution in [0.25, 0.3) is 0 Å².